The van der Waals surface area contributed by atoms with Crippen LogP contribution in [0.15, 0.2) is 67.3 Å². The highest BCUT2D eigenvalue weighted by Crippen LogP contribution is 2.19. The van der Waals surface area contributed by atoms with Gasteiger partial charge in [0.05, 0.1) is 6.33 Å². The number of anilines is 2. The Bertz CT molecular complexity index is 947. The van der Waals surface area contributed by atoms with Crippen molar-refractivity contribution in [3.8, 4) is 5.69 Å². The normalized spacial score (nSPS) is 13.0. The maximum atomic E-state index is 12.5. The Hall–Kier alpha value is -3.61. The van der Waals surface area contributed by atoms with Gasteiger partial charge < -0.3 is 20.5 Å². The van der Waals surface area contributed by atoms with Gasteiger partial charge in [0.25, 0.3) is 5.91 Å². The van der Waals surface area contributed by atoms with Crippen LogP contribution in [0.1, 0.15) is 23.2 Å². The first-order valence-corrected chi connectivity index (χ1v) is 8.75. The topological polar surface area (TPSA) is 88.1 Å². The first-order valence-electron chi connectivity index (χ1n) is 8.75. The van der Waals surface area contributed by atoms with Crippen LogP contribution in [-0.2, 0) is 0 Å². The number of hydrogen-bond donors (Lipinski definition) is 3. The van der Waals surface area contributed by atoms with Gasteiger partial charge in [0.1, 0.15) is 0 Å². The van der Waals surface area contributed by atoms with Crippen molar-refractivity contribution in [3.05, 3.63) is 72.8 Å². The first-order chi connectivity index (χ1) is 13.2. The molecule has 1 aliphatic rings. The predicted octanol–water partition coefficient (Wildman–Crippen LogP) is 3.41. The van der Waals surface area contributed by atoms with Crippen molar-refractivity contribution in [1.29, 1.82) is 0 Å². The molecule has 1 heterocycles. The van der Waals surface area contributed by atoms with E-state index in [4.69, 9.17) is 0 Å². The molecule has 0 radical (unpaired) electrons. The molecule has 3 aromatic rings. The molecule has 0 unspecified atom stereocenters. The second kappa shape index (κ2) is 7.33. The minimum Gasteiger partial charge on any atom is -0.335 e. The summed E-state index contributed by atoms with van der Waals surface area (Å²) in [5.41, 5.74) is 2.76. The van der Waals surface area contributed by atoms with Crippen molar-refractivity contribution in [2.24, 2.45) is 0 Å². The Morgan fingerprint density at radius 3 is 2.52 bits per heavy atom. The van der Waals surface area contributed by atoms with E-state index in [1.165, 1.54) is 0 Å². The molecule has 3 amide bonds. The number of nitrogens with zero attached hydrogens (tertiary/aromatic N) is 2. The zero-order chi connectivity index (χ0) is 18.6. The van der Waals surface area contributed by atoms with Crippen molar-refractivity contribution in [3.63, 3.8) is 0 Å². The molecule has 2 aromatic carbocycles. The molecule has 0 bridgehead atoms. The van der Waals surface area contributed by atoms with Gasteiger partial charge in [-0.2, -0.15) is 0 Å². The Labute approximate surface area is 156 Å². The molecule has 1 aromatic heterocycles. The number of nitrogens with one attached hydrogen (secondary N) is 3. The van der Waals surface area contributed by atoms with Crippen LogP contribution in [0.4, 0.5) is 16.2 Å². The van der Waals surface area contributed by atoms with E-state index in [0.29, 0.717) is 23.0 Å². The Kier molecular flexibility index (Phi) is 4.57. The molecule has 1 saturated carbocycles. The third-order valence-electron chi connectivity index (χ3n) is 4.22. The molecule has 3 N–H and O–H groups in total. The van der Waals surface area contributed by atoms with Crippen molar-refractivity contribution in [1.82, 2.24) is 14.9 Å². The molecular weight excluding hydrogens is 342 g/mol. The fourth-order valence-electron chi connectivity index (χ4n) is 2.64. The van der Waals surface area contributed by atoms with Gasteiger partial charge in [-0.15, -0.1) is 0 Å². The summed E-state index contributed by atoms with van der Waals surface area (Å²) in [6.45, 7) is 0. The lowest BCUT2D eigenvalue weighted by Crippen LogP contribution is -2.30. The van der Waals surface area contributed by atoms with Crippen LogP contribution in [0.3, 0.4) is 0 Å². The number of urea groups is 1. The van der Waals surface area contributed by atoms with Crippen molar-refractivity contribution >= 4 is 23.3 Å². The number of rotatable bonds is 5. The summed E-state index contributed by atoms with van der Waals surface area (Å²) in [5, 5.41) is 8.50. The number of hydrogen-bond acceptors (Lipinski definition) is 3. The molecule has 0 atom stereocenters. The largest absolute Gasteiger partial charge is 0.335 e. The smallest absolute Gasteiger partial charge is 0.319 e. The average molecular weight is 361 g/mol. The highest BCUT2D eigenvalue weighted by Gasteiger charge is 2.23. The lowest BCUT2D eigenvalue weighted by Gasteiger charge is -2.09. The maximum Gasteiger partial charge on any atom is 0.319 e. The Balaban J connectivity index is 1.39. The van der Waals surface area contributed by atoms with Gasteiger partial charge in [-0.25, -0.2) is 9.78 Å². The van der Waals surface area contributed by atoms with Gasteiger partial charge in [0.15, 0.2) is 0 Å². The minimum atomic E-state index is -0.217. The summed E-state index contributed by atoms with van der Waals surface area (Å²) in [7, 11) is 0. The number of imidazole rings is 1. The predicted molar refractivity (Wildman–Crippen MR) is 103 cm³/mol. The number of amides is 3. The summed E-state index contributed by atoms with van der Waals surface area (Å²) < 4.78 is 1.86. The SMILES string of the molecule is O=C(Nc1ccc(C(=O)Nc2cccc(-n3ccnc3)c2)cc1)NC1CC1. The van der Waals surface area contributed by atoms with Gasteiger partial charge in [0.2, 0.25) is 0 Å². The third kappa shape index (κ3) is 4.33. The summed E-state index contributed by atoms with van der Waals surface area (Å²) in [5.74, 6) is -0.216. The van der Waals surface area contributed by atoms with E-state index in [2.05, 4.69) is 20.9 Å². The van der Waals surface area contributed by atoms with Crippen LogP contribution >= 0.6 is 0 Å². The molecule has 1 fully saturated rings. The summed E-state index contributed by atoms with van der Waals surface area (Å²) >= 11 is 0. The number of benzene rings is 2. The highest BCUT2D eigenvalue weighted by atomic mass is 16.2. The monoisotopic (exact) mass is 361 g/mol. The standard InChI is InChI=1S/C20H19N5O2/c26-19(22-17-2-1-3-18(12-17)25-11-10-21-13-25)14-4-6-15(7-5-14)23-20(27)24-16-8-9-16/h1-7,10-13,16H,8-9H2,(H,22,26)(H2,23,24,27). The molecule has 0 saturated heterocycles. The Morgan fingerprint density at radius 1 is 1.00 bits per heavy atom. The number of carbonyl (C=O) groups is 2. The lowest BCUT2D eigenvalue weighted by molar-refractivity contribution is 0.102. The van der Waals surface area contributed by atoms with E-state index < -0.39 is 0 Å². The van der Waals surface area contributed by atoms with E-state index in [1.807, 2.05) is 35.0 Å². The van der Waals surface area contributed by atoms with Gasteiger partial charge in [-0.3, -0.25) is 4.79 Å². The number of carbonyl (C=O) groups excluding carboxylic acids is 2. The average Bonchev–Trinajstić information content (AvgIpc) is 3.31. The zero-order valence-corrected chi connectivity index (χ0v) is 14.6. The number of aromatic nitrogens is 2. The van der Waals surface area contributed by atoms with Gasteiger partial charge in [-0.05, 0) is 55.3 Å². The molecular formula is C20H19N5O2. The fraction of sp³-hybridized carbons (Fsp3) is 0.150. The van der Waals surface area contributed by atoms with Crippen LogP contribution in [0.2, 0.25) is 0 Å². The van der Waals surface area contributed by atoms with Crippen molar-refractivity contribution in [2.45, 2.75) is 18.9 Å². The van der Waals surface area contributed by atoms with E-state index in [-0.39, 0.29) is 11.9 Å². The molecule has 4 rings (SSSR count). The van der Waals surface area contributed by atoms with Crippen LogP contribution in [0, 0.1) is 0 Å². The van der Waals surface area contributed by atoms with Crippen LogP contribution < -0.4 is 16.0 Å². The van der Waals surface area contributed by atoms with Gasteiger partial charge in [-0.1, -0.05) is 6.07 Å². The maximum absolute atomic E-state index is 12.5. The van der Waals surface area contributed by atoms with Crippen LogP contribution in [0.25, 0.3) is 5.69 Å². The molecule has 136 valence electrons. The summed E-state index contributed by atoms with van der Waals surface area (Å²) in [6, 6.07) is 14.4. The quantitative estimate of drug-likeness (QED) is 0.651. The second-order valence-electron chi connectivity index (χ2n) is 6.42. The first kappa shape index (κ1) is 16.8. The van der Waals surface area contributed by atoms with E-state index in [9.17, 15) is 9.59 Å². The molecule has 0 spiro atoms. The molecule has 1 aliphatic carbocycles. The fourth-order valence-corrected chi connectivity index (χ4v) is 2.64. The van der Waals surface area contributed by atoms with Crippen LogP contribution in [-0.4, -0.2) is 27.5 Å². The molecule has 7 heteroatoms. The molecule has 0 aliphatic heterocycles. The van der Waals surface area contributed by atoms with Crippen LogP contribution in [0.5, 0.6) is 0 Å². The van der Waals surface area contributed by atoms with Gasteiger partial charge >= 0.3 is 6.03 Å². The van der Waals surface area contributed by atoms with E-state index in [0.717, 1.165) is 18.5 Å². The summed E-state index contributed by atoms with van der Waals surface area (Å²) in [4.78, 5) is 28.2. The summed E-state index contributed by atoms with van der Waals surface area (Å²) in [6.07, 6.45) is 7.31. The lowest BCUT2D eigenvalue weighted by atomic mass is 10.2. The van der Waals surface area contributed by atoms with Gasteiger partial charge in [0, 0.05) is 41.1 Å². The van der Waals surface area contributed by atoms with E-state index >= 15 is 0 Å². The Morgan fingerprint density at radius 2 is 1.81 bits per heavy atom. The second-order valence-corrected chi connectivity index (χ2v) is 6.42. The zero-order valence-electron chi connectivity index (χ0n) is 14.6. The van der Waals surface area contributed by atoms with E-state index in [1.54, 1.807) is 36.8 Å². The highest BCUT2D eigenvalue weighted by molar-refractivity contribution is 6.04. The molecule has 27 heavy (non-hydrogen) atoms. The third-order valence-corrected chi connectivity index (χ3v) is 4.22. The minimum absolute atomic E-state index is 0.216. The van der Waals surface area contributed by atoms with Crippen molar-refractivity contribution in [2.75, 3.05) is 10.6 Å². The molecule has 7 nitrogen and oxygen atoms in total. The van der Waals surface area contributed by atoms with Crippen molar-refractivity contribution < 1.29 is 9.59 Å².